The van der Waals surface area contributed by atoms with Crippen LogP contribution < -0.4 is 5.32 Å². The lowest BCUT2D eigenvalue weighted by molar-refractivity contribution is -0.139. The molecule has 0 radical (unpaired) electrons. The highest BCUT2D eigenvalue weighted by molar-refractivity contribution is 7.99. The van der Waals surface area contributed by atoms with Crippen molar-refractivity contribution in [1.29, 1.82) is 0 Å². The number of aliphatic carboxylic acids is 1. The topological polar surface area (TPSA) is 75.6 Å². The molecule has 1 rings (SSSR count). The first-order valence-corrected chi connectivity index (χ1v) is 8.12. The Bertz CT molecular complexity index is 499. The molecule has 0 aliphatic carbocycles. The van der Waals surface area contributed by atoms with Gasteiger partial charge in [0.25, 0.3) is 0 Å². The number of nitrogens with one attached hydrogen (secondary N) is 1. The second kappa shape index (κ2) is 8.08. The molecule has 0 spiro atoms. The summed E-state index contributed by atoms with van der Waals surface area (Å²) in [6.45, 7) is 6.98. The molecule has 0 heterocycles. The first-order chi connectivity index (χ1) is 10.2. The molecule has 2 N–H and O–H groups in total. The zero-order valence-corrected chi connectivity index (χ0v) is 14.1. The standard InChI is InChI=1S/C16H23NO4S/c1-11(22-10-12-8-6-5-7-9-12)13(14(18)19)17-15(20)21-16(2,3)4/h5-9,11,13H,10H2,1-4H3,(H,17,20)(H,18,19)/t11-,13-/m1/s1. The molecule has 0 aliphatic heterocycles. The molecule has 0 aromatic heterocycles. The van der Waals surface area contributed by atoms with Gasteiger partial charge in [-0.15, -0.1) is 0 Å². The molecule has 0 fully saturated rings. The van der Waals surface area contributed by atoms with Crippen LogP contribution in [0.5, 0.6) is 0 Å². The third-order valence-electron chi connectivity index (χ3n) is 2.76. The fraction of sp³-hybridized carbons (Fsp3) is 0.500. The molecule has 0 saturated carbocycles. The van der Waals surface area contributed by atoms with E-state index in [-0.39, 0.29) is 5.25 Å². The molecule has 0 saturated heterocycles. The van der Waals surface area contributed by atoms with E-state index in [1.54, 1.807) is 27.7 Å². The third kappa shape index (κ3) is 6.85. The van der Waals surface area contributed by atoms with E-state index in [1.807, 2.05) is 30.3 Å². The van der Waals surface area contributed by atoms with E-state index in [1.165, 1.54) is 11.8 Å². The Hall–Kier alpha value is -1.69. The van der Waals surface area contributed by atoms with Crippen molar-refractivity contribution < 1.29 is 19.4 Å². The summed E-state index contributed by atoms with van der Waals surface area (Å²) in [4.78, 5) is 23.1. The van der Waals surface area contributed by atoms with Gasteiger partial charge in [0, 0.05) is 11.0 Å². The van der Waals surface area contributed by atoms with Crippen molar-refractivity contribution in [3.05, 3.63) is 35.9 Å². The number of thioether (sulfide) groups is 1. The van der Waals surface area contributed by atoms with Crippen LogP contribution in [0.2, 0.25) is 0 Å². The molecule has 22 heavy (non-hydrogen) atoms. The van der Waals surface area contributed by atoms with Crippen LogP contribution in [-0.4, -0.2) is 34.1 Å². The number of alkyl carbamates (subject to hydrolysis) is 1. The second-order valence-corrected chi connectivity index (χ2v) is 7.33. The summed E-state index contributed by atoms with van der Waals surface area (Å²) in [5, 5.41) is 11.4. The van der Waals surface area contributed by atoms with Crippen LogP contribution in [0.3, 0.4) is 0 Å². The number of carbonyl (C=O) groups excluding carboxylic acids is 1. The maximum absolute atomic E-state index is 11.7. The van der Waals surface area contributed by atoms with Crippen molar-refractivity contribution in [2.45, 2.75) is 50.3 Å². The lowest BCUT2D eigenvalue weighted by Gasteiger charge is -2.24. The van der Waals surface area contributed by atoms with Crippen LogP contribution in [0.1, 0.15) is 33.3 Å². The van der Waals surface area contributed by atoms with E-state index >= 15 is 0 Å². The molecular formula is C16H23NO4S. The molecule has 1 aromatic carbocycles. The number of benzene rings is 1. The summed E-state index contributed by atoms with van der Waals surface area (Å²) in [5.41, 5.74) is 0.453. The smallest absolute Gasteiger partial charge is 0.408 e. The van der Waals surface area contributed by atoms with Crippen molar-refractivity contribution in [3.8, 4) is 0 Å². The number of carboxylic acid groups (broad SMARTS) is 1. The van der Waals surface area contributed by atoms with Crippen LogP contribution in [-0.2, 0) is 15.3 Å². The highest BCUT2D eigenvalue weighted by Gasteiger charge is 2.29. The van der Waals surface area contributed by atoms with Gasteiger partial charge in [0.15, 0.2) is 0 Å². The highest BCUT2D eigenvalue weighted by atomic mass is 32.2. The van der Waals surface area contributed by atoms with Crippen molar-refractivity contribution in [3.63, 3.8) is 0 Å². The molecule has 5 nitrogen and oxygen atoms in total. The lowest BCUT2D eigenvalue weighted by atomic mass is 10.2. The summed E-state index contributed by atoms with van der Waals surface area (Å²) < 4.78 is 5.11. The normalized spacial score (nSPS) is 14.0. The molecule has 122 valence electrons. The van der Waals surface area contributed by atoms with Crippen LogP contribution in [0.25, 0.3) is 0 Å². The highest BCUT2D eigenvalue weighted by Crippen LogP contribution is 2.20. The number of carboxylic acids is 1. The molecule has 1 amide bonds. The maximum Gasteiger partial charge on any atom is 0.408 e. The predicted octanol–water partition coefficient (Wildman–Crippen LogP) is 3.29. The first-order valence-electron chi connectivity index (χ1n) is 7.07. The van der Waals surface area contributed by atoms with Crippen molar-refractivity contribution >= 4 is 23.8 Å². The van der Waals surface area contributed by atoms with Crippen molar-refractivity contribution in [2.24, 2.45) is 0 Å². The number of hydrogen-bond donors (Lipinski definition) is 2. The van der Waals surface area contributed by atoms with Crippen molar-refractivity contribution in [2.75, 3.05) is 0 Å². The molecule has 2 atom stereocenters. The average molecular weight is 325 g/mol. The van der Waals surface area contributed by atoms with E-state index in [2.05, 4.69) is 5.32 Å². The van der Waals surface area contributed by atoms with Gasteiger partial charge < -0.3 is 15.2 Å². The van der Waals surface area contributed by atoms with Gasteiger partial charge in [-0.1, -0.05) is 37.3 Å². The van der Waals surface area contributed by atoms with E-state index in [9.17, 15) is 14.7 Å². The van der Waals surface area contributed by atoms with Gasteiger partial charge in [0.05, 0.1) is 0 Å². The van der Waals surface area contributed by atoms with Gasteiger partial charge in [-0.3, -0.25) is 0 Å². The van der Waals surface area contributed by atoms with Gasteiger partial charge >= 0.3 is 12.1 Å². The van der Waals surface area contributed by atoms with Crippen LogP contribution >= 0.6 is 11.8 Å². The second-order valence-electron chi connectivity index (χ2n) is 5.96. The number of rotatable bonds is 6. The number of amides is 1. The SMILES string of the molecule is C[C@@H](SCc1ccccc1)[C@@H](NC(=O)OC(C)(C)C)C(=O)O. The van der Waals surface area contributed by atoms with Gasteiger partial charge in [0.1, 0.15) is 11.6 Å². The molecule has 0 aliphatic rings. The minimum Gasteiger partial charge on any atom is -0.480 e. The summed E-state index contributed by atoms with van der Waals surface area (Å²) >= 11 is 1.47. The first kappa shape index (κ1) is 18.4. The van der Waals surface area contributed by atoms with E-state index in [4.69, 9.17) is 4.74 Å². The van der Waals surface area contributed by atoms with Gasteiger partial charge in [-0.05, 0) is 26.3 Å². The van der Waals surface area contributed by atoms with Gasteiger partial charge in [-0.2, -0.15) is 11.8 Å². The predicted molar refractivity (Wildman–Crippen MR) is 88.0 cm³/mol. The van der Waals surface area contributed by atoms with Crippen LogP contribution in [0, 0.1) is 0 Å². The number of hydrogen-bond acceptors (Lipinski definition) is 4. The Balaban J connectivity index is 2.58. The van der Waals surface area contributed by atoms with E-state index in [0.717, 1.165) is 5.56 Å². The minimum absolute atomic E-state index is 0.287. The van der Waals surface area contributed by atoms with Crippen molar-refractivity contribution in [1.82, 2.24) is 5.32 Å². The fourth-order valence-electron chi connectivity index (χ4n) is 1.71. The largest absolute Gasteiger partial charge is 0.480 e. The molecular weight excluding hydrogens is 302 g/mol. The minimum atomic E-state index is -1.07. The Morgan fingerprint density at radius 2 is 1.86 bits per heavy atom. The molecule has 0 unspecified atom stereocenters. The van der Waals surface area contributed by atoms with Crippen LogP contribution in [0.15, 0.2) is 30.3 Å². The molecule has 1 aromatic rings. The Labute approximate surface area is 135 Å². The Morgan fingerprint density at radius 3 is 2.36 bits per heavy atom. The van der Waals surface area contributed by atoms with E-state index < -0.39 is 23.7 Å². The lowest BCUT2D eigenvalue weighted by Crippen LogP contribution is -2.48. The number of ether oxygens (including phenoxy) is 1. The molecule has 6 heteroatoms. The molecule has 0 bridgehead atoms. The van der Waals surface area contributed by atoms with E-state index in [0.29, 0.717) is 5.75 Å². The Morgan fingerprint density at radius 1 is 1.27 bits per heavy atom. The average Bonchev–Trinajstić information content (AvgIpc) is 2.41. The van der Waals surface area contributed by atoms with Gasteiger partial charge in [-0.25, -0.2) is 9.59 Å². The monoisotopic (exact) mass is 325 g/mol. The van der Waals surface area contributed by atoms with Crippen LogP contribution in [0.4, 0.5) is 4.79 Å². The number of carbonyl (C=O) groups is 2. The third-order valence-corrected chi connectivity index (χ3v) is 4.06. The summed E-state index contributed by atoms with van der Waals surface area (Å²) in [7, 11) is 0. The summed E-state index contributed by atoms with van der Waals surface area (Å²) in [5.74, 6) is -0.388. The zero-order valence-electron chi connectivity index (χ0n) is 13.3. The quantitative estimate of drug-likeness (QED) is 0.839. The zero-order chi connectivity index (χ0) is 16.8. The fourth-order valence-corrected chi connectivity index (χ4v) is 2.74. The summed E-state index contributed by atoms with van der Waals surface area (Å²) in [6.07, 6.45) is -0.716. The maximum atomic E-state index is 11.7. The Kier molecular flexibility index (Phi) is 6.74. The summed E-state index contributed by atoms with van der Waals surface area (Å²) in [6, 6.07) is 8.78. The van der Waals surface area contributed by atoms with Gasteiger partial charge in [0.2, 0.25) is 0 Å².